The third kappa shape index (κ3) is 8.17. The molecule has 1 aliphatic rings. The summed E-state index contributed by atoms with van der Waals surface area (Å²) < 4.78 is 5.61. The number of amides is 4. The van der Waals surface area contributed by atoms with Crippen LogP contribution in [0.15, 0.2) is 30.3 Å². The quantitative estimate of drug-likeness (QED) is 0.332. The topological polar surface area (TPSA) is 146 Å². The van der Waals surface area contributed by atoms with Crippen molar-refractivity contribution in [2.24, 2.45) is 5.92 Å². The van der Waals surface area contributed by atoms with Gasteiger partial charge in [0.25, 0.3) is 5.91 Å². The number of ether oxygens (including phenoxy) is 1. The molecule has 3 rings (SSSR count). The molecule has 0 saturated carbocycles. The minimum atomic E-state index is -1.12. The van der Waals surface area contributed by atoms with Crippen molar-refractivity contribution in [1.29, 1.82) is 0 Å². The summed E-state index contributed by atoms with van der Waals surface area (Å²) in [4.78, 5) is 52.8. The van der Waals surface area contributed by atoms with E-state index in [-0.39, 0.29) is 33.6 Å². The molecule has 1 aromatic carbocycles. The van der Waals surface area contributed by atoms with Crippen LogP contribution in [0.25, 0.3) is 0 Å². The predicted molar refractivity (Wildman–Crippen MR) is 141 cm³/mol. The van der Waals surface area contributed by atoms with Crippen LogP contribution < -0.4 is 20.9 Å². The molecule has 0 unspecified atom stereocenters. The van der Waals surface area contributed by atoms with Gasteiger partial charge in [0, 0.05) is 0 Å². The summed E-state index contributed by atoms with van der Waals surface area (Å²) >= 11 is 5.98. The standard InChI is InChI=1S/C24H32N6O5S2/c1-14(2)12-18(27-19(31)17-10-7-11-25-17)20(32)26-15(3)21(33)30(22-28-29-23(36)37-22)24(34)35-13-16-8-5-4-6-9-16/h4-6,8-9,14-15,17-18,25H,7,10-13H2,1-3H3,(H,26,32)(H,27,31)(H,29,36)/t15-,17-,18-/m0/s1. The van der Waals surface area contributed by atoms with Gasteiger partial charge in [-0.3, -0.25) is 19.5 Å². The largest absolute Gasteiger partial charge is 0.444 e. The Hall–Kier alpha value is -3.16. The molecule has 0 aliphatic carbocycles. The number of carbonyl (C=O) groups is 4. The molecule has 2 heterocycles. The van der Waals surface area contributed by atoms with E-state index in [0.29, 0.717) is 12.8 Å². The zero-order valence-corrected chi connectivity index (χ0v) is 22.6. The van der Waals surface area contributed by atoms with E-state index in [0.717, 1.165) is 34.8 Å². The highest BCUT2D eigenvalue weighted by Gasteiger charge is 2.34. The minimum absolute atomic E-state index is 0.00602. The lowest BCUT2D eigenvalue weighted by atomic mass is 10.0. The Bertz CT molecular complexity index is 1150. The van der Waals surface area contributed by atoms with Crippen molar-refractivity contribution < 1.29 is 23.9 Å². The molecule has 13 heteroatoms. The van der Waals surface area contributed by atoms with Gasteiger partial charge in [-0.25, -0.2) is 4.79 Å². The second-order valence-corrected chi connectivity index (χ2v) is 10.8. The van der Waals surface area contributed by atoms with Gasteiger partial charge >= 0.3 is 6.09 Å². The molecule has 4 N–H and O–H groups in total. The van der Waals surface area contributed by atoms with Crippen LogP contribution in [0.2, 0.25) is 0 Å². The Morgan fingerprint density at radius 2 is 1.92 bits per heavy atom. The van der Waals surface area contributed by atoms with Crippen LogP contribution >= 0.6 is 23.6 Å². The zero-order chi connectivity index (χ0) is 26.9. The Kier molecular flexibility index (Phi) is 10.3. The van der Waals surface area contributed by atoms with E-state index in [2.05, 4.69) is 26.1 Å². The number of anilines is 1. The first-order valence-electron chi connectivity index (χ1n) is 12.1. The summed E-state index contributed by atoms with van der Waals surface area (Å²) in [6.07, 6.45) is 1.02. The Balaban J connectivity index is 1.71. The van der Waals surface area contributed by atoms with Crippen molar-refractivity contribution in [1.82, 2.24) is 26.1 Å². The van der Waals surface area contributed by atoms with Crippen LogP contribution in [0, 0.1) is 9.87 Å². The maximum Gasteiger partial charge on any atom is 0.423 e. The smallest absolute Gasteiger partial charge is 0.423 e. The predicted octanol–water partition coefficient (Wildman–Crippen LogP) is 2.66. The molecule has 11 nitrogen and oxygen atoms in total. The first-order valence-corrected chi connectivity index (χ1v) is 13.3. The number of imide groups is 1. The molecule has 1 saturated heterocycles. The lowest BCUT2D eigenvalue weighted by molar-refractivity contribution is -0.132. The second-order valence-electron chi connectivity index (χ2n) is 9.18. The fraction of sp³-hybridized carbons (Fsp3) is 0.500. The van der Waals surface area contributed by atoms with E-state index in [1.165, 1.54) is 6.92 Å². The summed E-state index contributed by atoms with van der Waals surface area (Å²) in [7, 11) is 0. The number of carbonyl (C=O) groups excluding carboxylic acids is 4. The normalized spacial score (nSPS) is 16.6. The van der Waals surface area contributed by atoms with E-state index in [1.807, 2.05) is 19.9 Å². The first kappa shape index (κ1) is 28.4. The highest BCUT2D eigenvalue weighted by molar-refractivity contribution is 7.73. The van der Waals surface area contributed by atoms with Crippen molar-refractivity contribution in [2.45, 2.75) is 64.8 Å². The van der Waals surface area contributed by atoms with E-state index >= 15 is 0 Å². The number of aromatic amines is 1. The number of rotatable bonds is 10. The third-order valence-corrected chi connectivity index (χ3v) is 6.75. The fourth-order valence-electron chi connectivity index (χ4n) is 3.82. The van der Waals surface area contributed by atoms with Crippen LogP contribution in [0.5, 0.6) is 0 Å². The highest BCUT2D eigenvalue weighted by Crippen LogP contribution is 2.20. The number of aromatic nitrogens is 2. The molecule has 0 radical (unpaired) electrons. The van der Waals surface area contributed by atoms with Gasteiger partial charge in [-0.1, -0.05) is 55.5 Å². The molecule has 200 valence electrons. The van der Waals surface area contributed by atoms with Crippen LogP contribution in [0.3, 0.4) is 0 Å². The van der Waals surface area contributed by atoms with Crippen molar-refractivity contribution in [3.05, 3.63) is 39.8 Å². The van der Waals surface area contributed by atoms with Gasteiger partial charge in [-0.15, -0.1) is 5.10 Å². The molecule has 0 bridgehead atoms. The maximum absolute atomic E-state index is 13.3. The Morgan fingerprint density at radius 3 is 2.51 bits per heavy atom. The molecule has 1 aliphatic heterocycles. The van der Waals surface area contributed by atoms with Gasteiger partial charge in [-0.05, 0) is 56.4 Å². The zero-order valence-electron chi connectivity index (χ0n) is 21.0. The molecule has 4 amide bonds. The summed E-state index contributed by atoms with van der Waals surface area (Å²) in [6, 6.07) is 6.71. The fourth-order valence-corrected chi connectivity index (χ4v) is 4.69. The van der Waals surface area contributed by atoms with Crippen LogP contribution in [-0.2, 0) is 25.7 Å². The lowest BCUT2D eigenvalue weighted by Gasteiger charge is -2.25. The lowest BCUT2D eigenvalue weighted by Crippen LogP contribution is -2.56. The number of hydrogen-bond acceptors (Lipinski definition) is 9. The Labute approximate surface area is 224 Å². The summed E-state index contributed by atoms with van der Waals surface area (Å²) in [5.74, 6) is -1.41. The van der Waals surface area contributed by atoms with Crippen molar-refractivity contribution in [2.75, 3.05) is 11.4 Å². The molecular formula is C24H32N6O5S2. The van der Waals surface area contributed by atoms with Gasteiger partial charge in [0.1, 0.15) is 18.7 Å². The molecule has 1 fully saturated rings. The third-order valence-electron chi connectivity index (χ3n) is 5.67. The van der Waals surface area contributed by atoms with Gasteiger partial charge in [-0.2, -0.15) is 4.90 Å². The van der Waals surface area contributed by atoms with Crippen molar-refractivity contribution >= 4 is 52.5 Å². The van der Waals surface area contributed by atoms with Gasteiger partial charge in [0.15, 0.2) is 3.95 Å². The maximum atomic E-state index is 13.3. The van der Waals surface area contributed by atoms with Gasteiger partial charge < -0.3 is 20.7 Å². The van der Waals surface area contributed by atoms with Gasteiger partial charge in [0.05, 0.1) is 6.04 Å². The number of nitrogens with zero attached hydrogens (tertiary/aromatic N) is 2. The average Bonchev–Trinajstić information content (AvgIpc) is 3.55. The van der Waals surface area contributed by atoms with Crippen LogP contribution in [0.4, 0.5) is 9.93 Å². The first-order chi connectivity index (χ1) is 17.7. The van der Waals surface area contributed by atoms with E-state index in [1.54, 1.807) is 24.3 Å². The highest BCUT2D eigenvalue weighted by atomic mass is 32.1. The average molecular weight is 549 g/mol. The molecule has 1 aromatic heterocycles. The number of hydrogen-bond donors (Lipinski definition) is 4. The summed E-state index contributed by atoms with van der Waals surface area (Å²) in [5, 5.41) is 15.0. The van der Waals surface area contributed by atoms with Crippen LogP contribution in [-0.4, -0.2) is 58.7 Å². The Morgan fingerprint density at radius 1 is 1.19 bits per heavy atom. The summed E-state index contributed by atoms with van der Waals surface area (Å²) in [5.41, 5.74) is 0.739. The van der Waals surface area contributed by atoms with Crippen molar-refractivity contribution in [3.8, 4) is 0 Å². The van der Waals surface area contributed by atoms with E-state index < -0.39 is 30.0 Å². The molecule has 3 atom stereocenters. The van der Waals surface area contributed by atoms with Crippen LogP contribution in [0.1, 0.15) is 45.6 Å². The number of benzene rings is 1. The molecule has 37 heavy (non-hydrogen) atoms. The number of H-pyrrole nitrogens is 1. The van der Waals surface area contributed by atoms with E-state index in [9.17, 15) is 19.2 Å². The van der Waals surface area contributed by atoms with Gasteiger partial charge in [0.2, 0.25) is 16.9 Å². The number of nitrogens with one attached hydrogen (secondary N) is 4. The summed E-state index contributed by atoms with van der Waals surface area (Å²) in [6.45, 7) is 6.02. The molecular weight excluding hydrogens is 516 g/mol. The minimum Gasteiger partial charge on any atom is -0.444 e. The SMILES string of the molecule is CC(C)C[C@H](NC(=O)[C@@H]1CCCN1)C(=O)N[C@@H](C)C(=O)N(C(=O)OCc1ccccc1)c1n[nH]c(=S)s1. The molecule has 0 spiro atoms. The van der Waals surface area contributed by atoms with Crippen molar-refractivity contribution in [3.63, 3.8) is 0 Å². The van der Waals surface area contributed by atoms with E-state index in [4.69, 9.17) is 17.0 Å². The monoisotopic (exact) mass is 548 g/mol. The second kappa shape index (κ2) is 13.4. The molecule has 2 aromatic rings.